The van der Waals surface area contributed by atoms with Crippen molar-refractivity contribution in [1.82, 2.24) is 0 Å². The summed E-state index contributed by atoms with van der Waals surface area (Å²) in [7, 11) is 0. The summed E-state index contributed by atoms with van der Waals surface area (Å²) in [5.74, 6) is -0.585. The summed E-state index contributed by atoms with van der Waals surface area (Å²) >= 11 is 3.39. The lowest BCUT2D eigenvalue weighted by atomic mass is 9.90. The fourth-order valence-corrected chi connectivity index (χ4v) is 2.87. The minimum atomic E-state index is -0.815. The number of halogens is 1. The highest BCUT2D eigenvalue weighted by atomic mass is 79.9. The van der Waals surface area contributed by atoms with Gasteiger partial charge in [-0.05, 0) is 31.4 Å². The van der Waals surface area contributed by atoms with Crippen LogP contribution in [0.5, 0.6) is 5.75 Å². The quantitative estimate of drug-likeness (QED) is 0.897. The zero-order chi connectivity index (χ0) is 11.9. The SMILES string of the molecule is Cc1ccc(Br)c(C2(CC(=O)O)CC2)c1O. The number of carbonyl (C=O) groups is 1. The van der Waals surface area contributed by atoms with Crippen molar-refractivity contribution in [2.75, 3.05) is 0 Å². The molecule has 0 radical (unpaired) electrons. The van der Waals surface area contributed by atoms with E-state index in [4.69, 9.17) is 5.11 Å². The molecule has 1 aromatic rings. The van der Waals surface area contributed by atoms with Crippen LogP contribution in [0.25, 0.3) is 0 Å². The van der Waals surface area contributed by atoms with Crippen LogP contribution < -0.4 is 0 Å². The van der Waals surface area contributed by atoms with Gasteiger partial charge in [0.25, 0.3) is 0 Å². The molecular weight excluding hydrogens is 272 g/mol. The van der Waals surface area contributed by atoms with E-state index in [-0.39, 0.29) is 17.6 Å². The van der Waals surface area contributed by atoms with Gasteiger partial charge in [-0.15, -0.1) is 0 Å². The normalized spacial score (nSPS) is 17.1. The third-order valence-electron chi connectivity index (χ3n) is 3.20. The lowest BCUT2D eigenvalue weighted by molar-refractivity contribution is -0.137. The smallest absolute Gasteiger partial charge is 0.304 e. The van der Waals surface area contributed by atoms with E-state index >= 15 is 0 Å². The van der Waals surface area contributed by atoms with Gasteiger partial charge in [0.2, 0.25) is 0 Å². The van der Waals surface area contributed by atoms with E-state index in [1.54, 1.807) is 0 Å². The summed E-state index contributed by atoms with van der Waals surface area (Å²) in [4.78, 5) is 10.8. The Bertz CT molecular complexity index is 450. The first-order valence-corrected chi connectivity index (χ1v) is 5.96. The number of phenolic OH excluding ortho intramolecular Hbond substituents is 1. The molecule has 0 spiro atoms. The zero-order valence-electron chi connectivity index (χ0n) is 8.96. The van der Waals surface area contributed by atoms with Gasteiger partial charge >= 0.3 is 5.97 Å². The van der Waals surface area contributed by atoms with Crippen LogP contribution in [0.4, 0.5) is 0 Å². The Morgan fingerprint density at radius 3 is 2.62 bits per heavy atom. The number of rotatable bonds is 3. The van der Waals surface area contributed by atoms with E-state index in [1.807, 2.05) is 19.1 Å². The molecule has 1 aliphatic rings. The molecule has 86 valence electrons. The minimum Gasteiger partial charge on any atom is -0.507 e. The van der Waals surface area contributed by atoms with Gasteiger partial charge in [-0.2, -0.15) is 0 Å². The molecule has 2 N–H and O–H groups in total. The Morgan fingerprint density at radius 1 is 1.50 bits per heavy atom. The van der Waals surface area contributed by atoms with Crippen LogP contribution in [0.3, 0.4) is 0 Å². The summed E-state index contributed by atoms with van der Waals surface area (Å²) in [6.45, 7) is 1.82. The molecule has 16 heavy (non-hydrogen) atoms. The van der Waals surface area contributed by atoms with Crippen LogP contribution >= 0.6 is 15.9 Å². The van der Waals surface area contributed by atoms with E-state index in [2.05, 4.69) is 15.9 Å². The lowest BCUT2D eigenvalue weighted by Gasteiger charge is -2.18. The Hall–Kier alpha value is -1.03. The zero-order valence-corrected chi connectivity index (χ0v) is 10.5. The Morgan fingerprint density at radius 2 is 2.12 bits per heavy atom. The maximum Gasteiger partial charge on any atom is 0.304 e. The summed E-state index contributed by atoms with van der Waals surface area (Å²) < 4.78 is 0.800. The van der Waals surface area contributed by atoms with Crippen LogP contribution in [0, 0.1) is 6.92 Å². The standard InChI is InChI=1S/C12H13BrO3/c1-7-2-3-8(13)10(11(7)16)12(4-5-12)6-9(14)15/h2-3,16H,4-6H2,1H3,(H,14,15). The molecule has 0 saturated heterocycles. The van der Waals surface area contributed by atoms with Gasteiger partial charge in [0.05, 0.1) is 6.42 Å². The average molecular weight is 285 g/mol. The van der Waals surface area contributed by atoms with Crippen LogP contribution in [0.15, 0.2) is 16.6 Å². The average Bonchev–Trinajstić information content (AvgIpc) is 2.92. The molecular formula is C12H13BrO3. The predicted molar refractivity (Wildman–Crippen MR) is 63.7 cm³/mol. The Balaban J connectivity index is 2.48. The Labute approximate surface area is 102 Å². The molecule has 1 fully saturated rings. The largest absolute Gasteiger partial charge is 0.507 e. The molecule has 0 aromatic heterocycles. The number of carboxylic acid groups (broad SMARTS) is 1. The first kappa shape index (κ1) is 11.5. The molecule has 0 bridgehead atoms. The van der Waals surface area contributed by atoms with Crippen molar-refractivity contribution in [3.05, 3.63) is 27.7 Å². The highest BCUT2D eigenvalue weighted by Crippen LogP contribution is 2.56. The second-order valence-corrected chi connectivity index (χ2v) is 5.29. The van der Waals surface area contributed by atoms with Crippen molar-refractivity contribution in [1.29, 1.82) is 0 Å². The van der Waals surface area contributed by atoms with Crippen molar-refractivity contribution in [2.45, 2.75) is 31.6 Å². The fourth-order valence-electron chi connectivity index (χ4n) is 2.13. The van der Waals surface area contributed by atoms with Crippen molar-refractivity contribution >= 4 is 21.9 Å². The number of hydrogen-bond donors (Lipinski definition) is 2. The minimum absolute atomic E-state index is 0.0859. The second-order valence-electron chi connectivity index (χ2n) is 4.44. The molecule has 0 unspecified atom stereocenters. The topological polar surface area (TPSA) is 57.5 Å². The lowest BCUT2D eigenvalue weighted by Crippen LogP contribution is -2.14. The molecule has 1 aromatic carbocycles. The number of phenols is 1. The van der Waals surface area contributed by atoms with Crippen molar-refractivity contribution < 1.29 is 15.0 Å². The van der Waals surface area contributed by atoms with Crippen LogP contribution in [0.1, 0.15) is 30.4 Å². The number of hydrogen-bond acceptors (Lipinski definition) is 2. The van der Waals surface area contributed by atoms with E-state index in [1.165, 1.54) is 0 Å². The molecule has 0 atom stereocenters. The van der Waals surface area contributed by atoms with E-state index in [9.17, 15) is 9.90 Å². The number of benzene rings is 1. The third-order valence-corrected chi connectivity index (χ3v) is 3.86. The van der Waals surface area contributed by atoms with Crippen LogP contribution in [-0.2, 0) is 10.2 Å². The van der Waals surface area contributed by atoms with Gasteiger partial charge in [0.1, 0.15) is 5.75 Å². The van der Waals surface area contributed by atoms with Crippen molar-refractivity contribution in [3.63, 3.8) is 0 Å². The first-order valence-electron chi connectivity index (χ1n) is 5.17. The molecule has 1 saturated carbocycles. The number of aliphatic carboxylic acids is 1. The van der Waals surface area contributed by atoms with Gasteiger partial charge in [-0.25, -0.2) is 0 Å². The predicted octanol–water partition coefficient (Wildman–Crippen LogP) is 2.97. The van der Waals surface area contributed by atoms with Crippen molar-refractivity contribution in [2.24, 2.45) is 0 Å². The molecule has 0 heterocycles. The van der Waals surface area contributed by atoms with Gasteiger partial charge in [0.15, 0.2) is 0 Å². The molecule has 3 nitrogen and oxygen atoms in total. The highest BCUT2D eigenvalue weighted by Gasteiger charge is 2.48. The molecule has 1 aliphatic carbocycles. The highest BCUT2D eigenvalue weighted by molar-refractivity contribution is 9.10. The first-order chi connectivity index (χ1) is 7.46. The van der Waals surface area contributed by atoms with Crippen molar-refractivity contribution in [3.8, 4) is 5.75 Å². The summed E-state index contributed by atoms with van der Waals surface area (Å²) in [6.07, 6.45) is 1.74. The number of carboxylic acids is 1. The monoisotopic (exact) mass is 284 g/mol. The van der Waals surface area contributed by atoms with Gasteiger partial charge in [-0.3, -0.25) is 4.79 Å². The maximum atomic E-state index is 10.8. The van der Waals surface area contributed by atoms with Crippen LogP contribution in [0.2, 0.25) is 0 Å². The van der Waals surface area contributed by atoms with Crippen LogP contribution in [-0.4, -0.2) is 16.2 Å². The molecule has 0 aliphatic heterocycles. The van der Waals surface area contributed by atoms with E-state index in [0.29, 0.717) is 0 Å². The van der Waals surface area contributed by atoms with Gasteiger partial charge < -0.3 is 10.2 Å². The van der Waals surface area contributed by atoms with E-state index in [0.717, 1.165) is 28.4 Å². The maximum absolute atomic E-state index is 10.8. The van der Waals surface area contributed by atoms with Gasteiger partial charge in [0, 0.05) is 15.5 Å². The van der Waals surface area contributed by atoms with E-state index < -0.39 is 5.97 Å². The number of aromatic hydroxyl groups is 1. The molecule has 4 heteroatoms. The van der Waals surface area contributed by atoms with Gasteiger partial charge in [-0.1, -0.05) is 22.0 Å². The molecule has 2 rings (SSSR count). The summed E-state index contributed by atoms with van der Waals surface area (Å²) in [5.41, 5.74) is 1.19. The second kappa shape index (κ2) is 3.77. The molecule has 0 amide bonds. The third kappa shape index (κ3) is 1.82. The summed E-state index contributed by atoms with van der Waals surface area (Å²) in [5, 5.41) is 18.9. The Kier molecular flexibility index (Phi) is 2.70. The summed E-state index contributed by atoms with van der Waals surface area (Å²) in [6, 6.07) is 3.69. The number of aryl methyl sites for hydroxylation is 1. The fraction of sp³-hybridized carbons (Fsp3) is 0.417.